The van der Waals surface area contributed by atoms with Crippen LogP contribution in [-0.2, 0) is 13.6 Å². The van der Waals surface area contributed by atoms with E-state index in [1.807, 2.05) is 47.6 Å². The second-order valence-electron chi connectivity index (χ2n) is 7.04. The summed E-state index contributed by atoms with van der Waals surface area (Å²) in [6.45, 7) is 3.10. The van der Waals surface area contributed by atoms with E-state index in [2.05, 4.69) is 20.6 Å². The number of amides is 1. The highest BCUT2D eigenvalue weighted by molar-refractivity contribution is 5.94. The summed E-state index contributed by atoms with van der Waals surface area (Å²) in [5.74, 6) is 2.79. The molecule has 0 spiro atoms. The van der Waals surface area contributed by atoms with Crippen molar-refractivity contribution in [2.24, 2.45) is 7.05 Å². The number of hydrogen-bond acceptors (Lipinski definition) is 5. The Morgan fingerprint density at radius 2 is 2.14 bits per heavy atom. The molecule has 1 saturated carbocycles. The minimum atomic E-state index is -0.0673. The number of hydrogen-bond donors (Lipinski definition) is 1. The molecule has 0 saturated heterocycles. The first-order chi connectivity index (χ1) is 13.6. The highest BCUT2D eigenvalue weighted by Crippen LogP contribution is 2.36. The predicted molar refractivity (Wildman–Crippen MR) is 103 cm³/mol. The summed E-state index contributed by atoms with van der Waals surface area (Å²) in [5.41, 5.74) is 0.620. The summed E-state index contributed by atoms with van der Waals surface area (Å²) in [5, 5.41) is 16.0. The fraction of sp³-hybridized carbons (Fsp3) is 0.400. The fourth-order valence-electron chi connectivity index (χ4n) is 3.52. The van der Waals surface area contributed by atoms with E-state index in [-0.39, 0.29) is 11.9 Å². The first-order valence-electron chi connectivity index (χ1n) is 9.53. The Bertz CT molecular complexity index is 944. The van der Waals surface area contributed by atoms with Crippen molar-refractivity contribution in [3.8, 4) is 5.75 Å². The van der Waals surface area contributed by atoms with Gasteiger partial charge in [-0.2, -0.15) is 5.10 Å². The van der Waals surface area contributed by atoms with Gasteiger partial charge in [0.15, 0.2) is 5.82 Å². The van der Waals surface area contributed by atoms with Gasteiger partial charge in [-0.05, 0) is 44.0 Å². The molecule has 28 heavy (non-hydrogen) atoms. The van der Waals surface area contributed by atoms with E-state index >= 15 is 0 Å². The molecule has 2 aromatic heterocycles. The molecular weight excluding hydrogens is 356 g/mol. The summed E-state index contributed by atoms with van der Waals surface area (Å²) in [7, 11) is 1.99. The number of carbonyl (C=O) groups excluding carboxylic acids is 1. The number of carbonyl (C=O) groups is 1. The molecule has 4 rings (SSSR count). The van der Waals surface area contributed by atoms with Crippen molar-refractivity contribution in [2.75, 3.05) is 6.61 Å². The number of aromatic nitrogens is 5. The zero-order valence-corrected chi connectivity index (χ0v) is 16.1. The molecular formula is C20H24N6O2. The van der Waals surface area contributed by atoms with E-state index in [1.165, 1.54) is 0 Å². The molecule has 8 nitrogen and oxygen atoms in total. The van der Waals surface area contributed by atoms with Crippen LogP contribution < -0.4 is 10.1 Å². The third-order valence-corrected chi connectivity index (χ3v) is 5.11. The maximum Gasteiger partial charge on any atom is 0.251 e. The Balaban J connectivity index is 1.33. The van der Waals surface area contributed by atoms with Crippen LogP contribution in [-0.4, -0.2) is 43.1 Å². The van der Waals surface area contributed by atoms with Gasteiger partial charge in [-0.1, -0.05) is 6.07 Å². The normalized spacial score (nSPS) is 18.5. The maximum atomic E-state index is 12.5. The third-order valence-electron chi connectivity index (χ3n) is 5.11. The zero-order valence-electron chi connectivity index (χ0n) is 16.1. The Morgan fingerprint density at radius 3 is 2.89 bits per heavy atom. The minimum absolute atomic E-state index is 0.0673. The van der Waals surface area contributed by atoms with Crippen LogP contribution in [0.4, 0.5) is 0 Å². The van der Waals surface area contributed by atoms with Crippen molar-refractivity contribution < 1.29 is 9.53 Å². The van der Waals surface area contributed by atoms with Crippen LogP contribution in [0.1, 0.15) is 47.7 Å². The summed E-state index contributed by atoms with van der Waals surface area (Å²) in [4.78, 5) is 12.5. The van der Waals surface area contributed by atoms with Crippen LogP contribution in [0.25, 0.3) is 0 Å². The molecule has 1 fully saturated rings. The van der Waals surface area contributed by atoms with Gasteiger partial charge in [0, 0.05) is 37.0 Å². The van der Waals surface area contributed by atoms with E-state index in [0.29, 0.717) is 30.4 Å². The average Bonchev–Trinajstić information content (AvgIpc) is 3.29. The number of benzene rings is 1. The summed E-state index contributed by atoms with van der Waals surface area (Å²) >= 11 is 0. The predicted octanol–water partition coefficient (Wildman–Crippen LogP) is 2.13. The molecule has 2 heterocycles. The molecule has 1 aromatic carbocycles. The zero-order chi connectivity index (χ0) is 19.5. The molecule has 0 radical (unpaired) electrons. The number of nitrogens with one attached hydrogen (secondary N) is 1. The van der Waals surface area contributed by atoms with Crippen LogP contribution in [0.15, 0.2) is 42.7 Å². The average molecular weight is 380 g/mol. The summed E-state index contributed by atoms with van der Waals surface area (Å²) in [6.07, 6.45) is 5.39. The Labute approximate surface area is 163 Å². The topological polar surface area (TPSA) is 86.9 Å². The van der Waals surface area contributed by atoms with Gasteiger partial charge in [-0.25, -0.2) is 0 Å². The number of rotatable bonds is 7. The van der Waals surface area contributed by atoms with Crippen LogP contribution in [0.3, 0.4) is 0 Å². The van der Waals surface area contributed by atoms with Crippen molar-refractivity contribution in [2.45, 2.75) is 38.3 Å². The van der Waals surface area contributed by atoms with Gasteiger partial charge in [0.25, 0.3) is 5.91 Å². The lowest BCUT2D eigenvalue weighted by Gasteiger charge is -2.35. The van der Waals surface area contributed by atoms with Gasteiger partial charge in [0.1, 0.15) is 18.1 Å². The fourth-order valence-corrected chi connectivity index (χ4v) is 3.52. The highest BCUT2D eigenvalue weighted by atomic mass is 16.5. The molecule has 0 atom stereocenters. The lowest BCUT2D eigenvalue weighted by atomic mass is 9.79. The lowest BCUT2D eigenvalue weighted by Crippen LogP contribution is -2.44. The molecule has 1 amide bonds. The molecule has 1 aliphatic carbocycles. The first-order valence-corrected chi connectivity index (χ1v) is 9.53. The van der Waals surface area contributed by atoms with Crippen molar-refractivity contribution in [3.05, 3.63) is 59.9 Å². The molecule has 0 unspecified atom stereocenters. The van der Waals surface area contributed by atoms with E-state index in [9.17, 15) is 4.79 Å². The lowest BCUT2D eigenvalue weighted by molar-refractivity contribution is 0.0906. The van der Waals surface area contributed by atoms with Gasteiger partial charge >= 0.3 is 0 Å². The van der Waals surface area contributed by atoms with Crippen molar-refractivity contribution in [1.82, 2.24) is 29.9 Å². The smallest absolute Gasteiger partial charge is 0.251 e. The molecule has 0 bridgehead atoms. The van der Waals surface area contributed by atoms with Crippen molar-refractivity contribution in [3.63, 3.8) is 0 Å². The largest absolute Gasteiger partial charge is 0.494 e. The Hall–Kier alpha value is -3.16. The molecule has 3 aromatic rings. The van der Waals surface area contributed by atoms with E-state index < -0.39 is 0 Å². The Kier molecular flexibility index (Phi) is 5.10. The standard InChI is InChI=1S/C20H24N6O2/c1-3-28-17-7-4-6-14(12-17)20(27)22-16-10-15(11-16)19-24-23-18(25(19)2)13-26-9-5-8-21-26/h4-9,12,15-16H,3,10-11,13H2,1-2H3,(H,22,27). The molecule has 1 aliphatic rings. The SMILES string of the molecule is CCOc1cccc(C(=O)NC2CC(c3nnc(Cn4cccn4)n3C)C2)c1. The van der Waals surface area contributed by atoms with Crippen molar-refractivity contribution >= 4 is 5.91 Å². The van der Waals surface area contributed by atoms with Gasteiger partial charge < -0.3 is 14.6 Å². The van der Waals surface area contributed by atoms with E-state index in [0.717, 1.165) is 24.5 Å². The summed E-state index contributed by atoms with van der Waals surface area (Å²) in [6, 6.07) is 9.32. The molecule has 146 valence electrons. The van der Waals surface area contributed by atoms with E-state index in [1.54, 1.807) is 18.3 Å². The number of nitrogens with zero attached hydrogens (tertiary/aromatic N) is 5. The van der Waals surface area contributed by atoms with Crippen LogP contribution >= 0.6 is 0 Å². The molecule has 0 aliphatic heterocycles. The molecule has 8 heteroatoms. The second kappa shape index (κ2) is 7.84. The highest BCUT2D eigenvalue weighted by Gasteiger charge is 2.35. The quantitative estimate of drug-likeness (QED) is 0.679. The van der Waals surface area contributed by atoms with Crippen LogP contribution in [0.5, 0.6) is 5.75 Å². The van der Waals surface area contributed by atoms with Gasteiger partial charge in [-0.15, -0.1) is 10.2 Å². The number of ether oxygens (including phenoxy) is 1. The minimum Gasteiger partial charge on any atom is -0.494 e. The third kappa shape index (κ3) is 3.76. The van der Waals surface area contributed by atoms with Gasteiger partial charge in [0.05, 0.1) is 6.61 Å². The van der Waals surface area contributed by atoms with E-state index in [4.69, 9.17) is 4.74 Å². The van der Waals surface area contributed by atoms with Crippen LogP contribution in [0, 0.1) is 0 Å². The van der Waals surface area contributed by atoms with Gasteiger partial charge in [0.2, 0.25) is 0 Å². The monoisotopic (exact) mass is 380 g/mol. The second-order valence-corrected chi connectivity index (χ2v) is 7.04. The molecule has 1 N–H and O–H groups in total. The van der Waals surface area contributed by atoms with Gasteiger partial charge in [-0.3, -0.25) is 9.48 Å². The van der Waals surface area contributed by atoms with Crippen molar-refractivity contribution in [1.29, 1.82) is 0 Å². The Morgan fingerprint density at radius 1 is 1.29 bits per heavy atom. The van der Waals surface area contributed by atoms with Crippen LogP contribution in [0.2, 0.25) is 0 Å². The maximum absolute atomic E-state index is 12.5. The summed E-state index contributed by atoms with van der Waals surface area (Å²) < 4.78 is 9.33. The first kappa shape index (κ1) is 18.2.